The Labute approximate surface area is 177 Å². The highest BCUT2D eigenvalue weighted by Crippen LogP contribution is 2.23. The van der Waals surface area contributed by atoms with Gasteiger partial charge in [-0.3, -0.25) is 19.3 Å². The Balaban J connectivity index is 1.46. The molecule has 1 aliphatic rings. The molecule has 0 saturated heterocycles. The maximum absolute atomic E-state index is 12.1. The molecular weight excluding hydrogens is 438 g/mol. The average Bonchev–Trinajstić information content (AvgIpc) is 3.20. The number of rotatable bonds is 7. The van der Waals surface area contributed by atoms with Crippen LogP contribution in [0.4, 0.5) is 0 Å². The number of fused-ring (bicyclic) bond motifs is 1. The molecule has 0 radical (unpaired) electrons. The molecule has 0 saturated carbocycles. The van der Waals surface area contributed by atoms with E-state index in [1.165, 1.54) is 22.3 Å². The van der Waals surface area contributed by atoms with Crippen LogP contribution in [0.15, 0.2) is 46.3 Å². The number of esters is 1. The van der Waals surface area contributed by atoms with Gasteiger partial charge in [-0.1, -0.05) is 23.7 Å². The molecule has 1 N–H and O–H groups in total. The number of thiophene rings is 1. The van der Waals surface area contributed by atoms with E-state index in [1.807, 2.05) is 6.07 Å². The first kappa shape index (κ1) is 21.3. The summed E-state index contributed by atoms with van der Waals surface area (Å²) in [6.07, 6.45) is -0.0785. The van der Waals surface area contributed by atoms with Gasteiger partial charge in [0, 0.05) is 17.5 Å². The summed E-state index contributed by atoms with van der Waals surface area (Å²) < 4.78 is 32.0. The number of halogens is 1. The van der Waals surface area contributed by atoms with Gasteiger partial charge in [-0.2, -0.15) is 0 Å². The highest BCUT2D eigenvalue weighted by atomic mass is 35.5. The van der Waals surface area contributed by atoms with Gasteiger partial charge < -0.3 is 9.64 Å². The molecule has 1 aromatic heterocycles. The highest BCUT2D eigenvalue weighted by Gasteiger charge is 2.30. The van der Waals surface area contributed by atoms with Crippen LogP contribution in [0.1, 0.15) is 16.9 Å². The number of ether oxygens (including phenoxy) is 1. The fourth-order valence-corrected chi connectivity index (χ4v) is 4.99. The predicted molar refractivity (Wildman–Crippen MR) is 110 cm³/mol. The lowest BCUT2D eigenvalue weighted by Gasteiger charge is -2.16. The van der Waals surface area contributed by atoms with Crippen molar-refractivity contribution >= 4 is 50.7 Å². The third kappa shape index (κ3) is 5.34. The van der Waals surface area contributed by atoms with Crippen LogP contribution < -0.4 is 4.72 Å². The third-order valence-corrected chi connectivity index (χ3v) is 6.67. The van der Waals surface area contributed by atoms with Gasteiger partial charge in [0.25, 0.3) is 15.9 Å². The number of hydrogen-bond donors (Lipinski definition) is 1. The predicted octanol–water partition coefficient (Wildman–Crippen LogP) is 2.03. The fourth-order valence-electron chi connectivity index (χ4n) is 2.59. The summed E-state index contributed by atoms with van der Waals surface area (Å²) in [6, 6.07) is 10.0. The molecule has 0 fully saturated rings. The van der Waals surface area contributed by atoms with Crippen molar-refractivity contribution in [3.63, 3.8) is 0 Å². The molecular formula is C18H18ClN3O5S2. The first-order valence-electron chi connectivity index (χ1n) is 8.57. The Hall–Kier alpha value is -2.43. The van der Waals surface area contributed by atoms with Crippen molar-refractivity contribution in [2.45, 2.75) is 17.9 Å². The number of aliphatic imine (C=N–C) groups is 1. The number of nitrogens with zero attached hydrogens (tertiary/aromatic N) is 2. The van der Waals surface area contributed by atoms with Crippen molar-refractivity contribution in [3.8, 4) is 0 Å². The number of sulfonamides is 1. The zero-order chi connectivity index (χ0) is 21.0. The van der Waals surface area contributed by atoms with Crippen molar-refractivity contribution in [1.29, 1.82) is 0 Å². The van der Waals surface area contributed by atoms with Gasteiger partial charge in [-0.15, -0.1) is 11.3 Å². The van der Waals surface area contributed by atoms with Crippen molar-refractivity contribution in [2.24, 2.45) is 4.99 Å². The SMILES string of the molecule is CN(Cc1ccc(Cl)s1)C(=O)COC(=O)CCN=C1NS(=O)(=O)c2ccccc21. The average molecular weight is 456 g/mol. The Morgan fingerprint density at radius 2 is 2.00 bits per heavy atom. The molecule has 0 spiro atoms. The molecule has 0 atom stereocenters. The monoisotopic (exact) mass is 455 g/mol. The van der Waals surface area contributed by atoms with Crippen molar-refractivity contribution in [3.05, 3.63) is 51.2 Å². The van der Waals surface area contributed by atoms with Crippen LogP contribution in [0.5, 0.6) is 0 Å². The smallest absolute Gasteiger partial charge is 0.308 e. The molecule has 0 unspecified atom stereocenters. The van der Waals surface area contributed by atoms with E-state index in [1.54, 1.807) is 31.3 Å². The van der Waals surface area contributed by atoms with Gasteiger partial charge in [0.2, 0.25) is 0 Å². The van der Waals surface area contributed by atoms with Gasteiger partial charge in [-0.05, 0) is 24.3 Å². The molecule has 154 valence electrons. The fraction of sp³-hybridized carbons (Fsp3) is 0.278. The summed E-state index contributed by atoms with van der Waals surface area (Å²) in [5.74, 6) is -0.741. The largest absolute Gasteiger partial charge is 0.456 e. The summed E-state index contributed by atoms with van der Waals surface area (Å²) in [6.45, 7) is 0.0319. The Morgan fingerprint density at radius 3 is 2.72 bits per heavy atom. The first-order valence-corrected chi connectivity index (χ1v) is 11.2. The number of amides is 1. The van der Waals surface area contributed by atoms with Crippen LogP contribution in [-0.2, 0) is 30.9 Å². The van der Waals surface area contributed by atoms with E-state index < -0.39 is 16.0 Å². The van der Waals surface area contributed by atoms with Crippen molar-refractivity contribution in [2.75, 3.05) is 20.2 Å². The van der Waals surface area contributed by atoms with E-state index >= 15 is 0 Å². The van der Waals surface area contributed by atoms with Crippen LogP contribution in [-0.4, -0.2) is 51.2 Å². The zero-order valence-corrected chi connectivity index (χ0v) is 17.8. The summed E-state index contributed by atoms with van der Waals surface area (Å²) >= 11 is 7.24. The zero-order valence-electron chi connectivity index (χ0n) is 15.4. The quantitative estimate of drug-likeness (QED) is 0.643. The number of hydrogen-bond acceptors (Lipinski definition) is 7. The second kappa shape index (κ2) is 8.93. The molecule has 3 rings (SSSR count). The van der Waals surface area contributed by atoms with Crippen LogP contribution in [0.25, 0.3) is 0 Å². The lowest BCUT2D eigenvalue weighted by atomic mass is 10.2. The molecule has 1 amide bonds. The minimum atomic E-state index is -3.62. The van der Waals surface area contributed by atoms with Crippen LogP contribution >= 0.6 is 22.9 Å². The lowest BCUT2D eigenvalue weighted by molar-refractivity contribution is -0.151. The van der Waals surface area contributed by atoms with E-state index in [2.05, 4.69) is 9.71 Å². The molecule has 11 heteroatoms. The molecule has 2 heterocycles. The Kier molecular flexibility index (Phi) is 6.56. The molecule has 29 heavy (non-hydrogen) atoms. The summed E-state index contributed by atoms with van der Waals surface area (Å²) in [5.41, 5.74) is 0.464. The van der Waals surface area contributed by atoms with Gasteiger partial charge >= 0.3 is 5.97 Å². The number of likely N-dealkylation sites (N-methyl/N-ethyl adjacent to an activating group) is 1. The van der Waals surface area contributed by atoms with Crippen LogP contribution in [0, 0.1) is 0 Å². The number of carbonyl (C=O) groups excluding carboxylic acids is 2. The van der Waals surface area contributed by atoms with Crippen LogP contribution in [0.2, 0.25) is 4.34 Å². The van der Waals surface area contributed by atoms with Gasteiger partial charge in [0.1, 0.15) is 5.84 Å². The molecule has 0 bridgehead atoms. The van der Waals surface area contributed by atoms with E-state index in [9.17, 15) is 18.0 Å². The number of nitrogens with one attached hydrogen (secondary N) is 1. The Bertz CT molecular complexity index is 1060. The van der Waals surface area contributed by atoms with Gasteiger partial charge in [0.15, 0.2) is 6.61 Å². The lowest BCUT2D eigenvalue weighted by Crippen LogP contribution is -2.30. The first-order chi connectivity index (χ1) is 13.8. The topological polar surface area (TPSA) is 105 Å². The summed E-state index contributed by atoms with van der Waals surface area (Å²) in [4.78, 5) is 30.6. The van der Waals surface area contributed by atoms with Crippen molar-refractivity contribution in [1.82, 2.24) is 9.62 Å². The molecule has 8 nitrogen and oxygen atoms in total. The number of carbonyl (C=O) groups is 2. The second-order valence-corrected chi connectivity index (χ2v) is 9.65. The van der Waals surface area contributed by atoms with Gasteiger partial charge in [-0.25, -0.2) is 8.42 Å². The third-order valence-electron chi connectivity index (χ3n) is 4.05. The number of amidine groups is 1. The van der Waals surface area contributed by atoms with E-state index in [0.29, 0.717) is 16.4 Å². The highest BCUT2D eigenvalue weighted by molar-refractivity contribution is 7.90. The molecule has 1 aromatic carbocycles. The van der Waals surface area contributed by atoms with Gasteiger partial charge in [0.05, 0.1) is 28.7 Å². The minimum Gasteiger partial charge on any atom is -0.456 e. The molecule has 2 aromatic rings. The van der Waals surface area contributed by atoms with E-state index in [4.69, 9.17) is 16.3 Å². The van der Waals surface area contributed by atoms with Crippen molar-refractivity contribution < 1.29 is 22.7 Å². The van der Waals surface area contributed by atoms with Crippen LogP contribution in [0.3, 0.4) is 0 Å². The molecule has 0 aliphatic carbocycles. The minimum absolute atomic E-state index is 0.0305. The summed E-state index contributed by atoms with van der Waals surface area (Å²) in [7, 11) is -2.00. The number of benzene rings is 1. The Morgan fingerprint density at radius 1 is 1.24 bits per heavy atom. The maximum Gasteiger partial charge on any atom is 0.308 e. The molecule has 1 aliphatic heterocycles. The van der Waals surface area contributed by atoms with E-state index in [0.717, 1.165) is 4.88 Å². The summed E-state index contributed by atoms with van der Waals surface area (Å²) in [5, 5.41) is 0. The standard InChI is InChI=1S/C18H18ClN3O5S2/c1-22(10-12-6-7-15(19)28-12)16(23)11-27-17(24)8-9-20-18-13-4-2-3-5-14(13)29(25,26)21-18/h2-7H,8-11H2,1H3,(H,20,21). The second-order valence-electron chi connectivity index (χ2n) is 6.20. The normalized spacial score (nSPS) is 15.6. The maximum atomic E-state index is 12.1. The van der Waals surface area contributed by atoms with E-state index in [-0.39, 0.29) is 36.2 Å².